The van der Waals surface area contributed by atoms with Crippen molar-refractivity contribution >= 4 is 23.3 Å². The van der Waals surface area contributed by atoms with Crippen LogP contribution in [0.1, 0.15) is 17.9 Å². The van der Waals surface area contributed by atoms with Gasteiger partial charge in [-0.25, -0.2) is 18.2 Å². The zero-order chi connectivity index (χ0) is 26.3. The molecule has 2 aromatic carbocycles. The van der Waals surface area contributed by atoms with Gasteiger partial charge in [0.05, 0.1) is 17.3 Å². The number of amides is 1. The van der Waals surface area contributed by atoms with E-state index in [0.717, 1.165) is 24.4 Å². The number of nitrogens with zero attached hydrogens (tertiary/aromatic N) is 3. The molecule has 5 rings (SSSR count). The third-order valence-corrected chi connectivity index (χ3v) is 5.93. The second-order valence-electron chi connectivity index (χ2n) is 8.28. The second-order valence-corrected chi connectivity index (χ2v) is 8.28. The van der Waals surface area contributed by atoms with Crippen LogP contribution in [0.25, 0.3) is 16.9 Å². The molecular weight excluding hydrogens is 498 g/mol. The van der Waals surface area contributed by atoms with Gasteiger partial charge in [0.15, 0.2) is 17.3 Å². The van der Waals surface area contributed by atoms with Crippen LogP contribution in [0.4, 0.5) is 32.0 Å². The summed E-state index contributed by atoms with van der Waals surface area (Å²) in [7, 11) is 0. The molecule has 3 heterocycles. The van der Waals surface area contributed by atoms with Crippen LogP contribution in [0.15, 0.2) is 83.3 Å². The number of fused-ring (bicyclic) bond motifs is 1. The summed E-state index contributed by atoms with van der Waals surface area (Å²) < 4.78 is 84.0. The van der Waals surface area contributed by atoms with Gasteiger partial charge in [-0.3, -0.25) is 14.2 Å². The fourth-order valence-electron chi connectivity index (χ4n) is 4.22. The number of hydrogen-bond donors (Lipinski definition) is 1. The van der Waals surface area contributed by atoms with E-state index in [1.807, 2.05) is 0 Å². The molecule has 0 aliphatic carbocycles. The number of carbonyl (C=O) groups excluding carboxylic acids is 1. The highest BCUT2D eigenvalue weighted by molar-refractivity contribution is 6.05. The van der Waals surface area contributed by atoms with E-state index >= 15 is 0 Å². The molecule has 1 amide bonds. The normalized spacial score (nSPS) is 15.9. The average molecular weight is 514 g/mol. The van der Waals surface area contributed by atoms with Crippen molar-refractivity contribution < 1.29 is 31.1 Å². The van der Waals surface area contributed by atoms with Crippen LogP contribution in [0.3, 0.4) is 0 Å². The van der Waals surface area contributed by atoms with Gasteiger partial charge < -0.3 is 5.32 Å². The minimum Gasteiger partial charge on any atom is -0.322 e. The minimum absolute atomic E-state index is 0.0897. The molecule has 4 aromatic rings. The number of nitrogens with one attached hydrogen (secondary N) is 1. The first-order valence-electron chi connectivity index (χ1n) is 11.0. The van der Waals surface area contributed by atoms with Crippen molar-refractivity contribution in [2.75, 3.05) is 5.32 Å². The Morgan fingerprint density at radius 1 is 1.00 bits per heavy atom. The molecule has 2 aromatic heterocycles. The second kappa shape index (κ2) is 9.23. The molecule has 0 fully saturated rings. The predicted octanol–water partition coefficient (Wildman–Crippen LogP) is 6.43. The Labute approximate surface area is 205 Å². The zero-order valence-corrected chi connectivity index (χ0v) is 18.7. The molecule has 1 atom stereocenters. The number of halogens is 6. The number of alkyl halides is 3. The number of allylic oxidation sites excluding steroid dienone is 1. The third kappa shape index (κ3) is 4.59. The van der Waals surface area contributed by atoms with Gasteiger partial charge in [0.25, 0.3) is 5.91 Å². The van der Waals surface area contributed by atoms with Crippen LogP contribution in [-0.2, 0) is 4.79 Å². The molecule has 0 saturated heterocycles. The fourth-order valence-corrected chi connectivity index (χ4v) is 4.22. The highest BCUT2D eigenvalue weighted by Gasteiger charge is 2.41. The van der Waals surface area contributed by atoms with Crippen LogP contribution in [0.5, 0.6) is 0 Å². The summed E-state index contributed by atoms with van der Waals surface area (Å²) in [6.45, 7) is 0. The van der Waals surface area contributed by atoms with E-state index < -0.39 is 46.7 Å². The molecule has 0 spiro atoms. The number of benzene rings is 2. The van der Waals surface area contributed by atoms with E-state index in [-0.39, 0.29) is 23.5 Å². The minimum atomic E-state index is -4.89. The number of hydrogen-bond acceptors (Lipinski definition) is 3. The lowest BCUT2D eigenvalue weighted by molar-refractivity contribution is -0.115. The van der Waals surface area contributed by atoms with E-state index in [2.05, 4.69) is 15.3 Å². The summed E-state index contributed by atoms with van der Waals surface area (Å²) in [5.74, 6) is -4.39. The molecule has 1 N–H and O–H groups in total. The van der Waals surface area contributed by atoms with Gasteiger partial charge in [-0.05, 0) is 54.4 Å². The summed E-state index contributed by atoms with van der Waals surface area (Å²) in [5.41, 5.74) is -0.991. The standard InChI is InChI=1S/C26H16F6N4O/c27-15-6-8-16(9-7-15)35-25(37)19-11-14(12-33-23(19)26(30,31)32)17-4-2-10-36-21(17)13-34-24(36)18-3-1-5-20(28)22(18)29/h1-10,12-14H,11H2,(H,35,37). The lowest BCUT2D eigenvalue weighted by Crippen LogP contribution is -2.26. The third-order valence-electron chi connectivity index (χ3n) is 5.93. The van der Waals surface area contributed by atoms with E-state index in [1.165, 1.54) is 34.9 Å². The maximum Gasteiger partial charge on any atom is 0.433 e. The lowest BCUT2D eigenvalue weighted by atomic mass is 9.89. The van der Waals surface area contributed by atoms with Crippen LogP contribution >= 0.6 is 0 Å². The molecule has 1 aliphatic rings. The number of imidazole rings is 1. The zero-order valence-electron chi connectivity index (χ0n) is 18.7. The first-order chi connectivity index (χ1) is 17.6. The monoisotopic (exact) mass is 514 g/mol. The Morgan fingerprint density at radius 3 is 2.49 bits per heavy atom. The van der Waals surface area contributed by atoms with Crippen molar-refractivity contribution in [2.45, 2.75) is 18.5 Å². The van der Waals surface area contributed by atoms with Crippen LogP contribution in [0.2, 0.25) is 0 Å². The van der Waals surface area contributed by atoms with Gasteiger partial charge in [-0.1, -0.05) is 12.1 Å². The molecule has 37 heavy (non-hydrogen) atoms. The van der Waals surface area contributed by atoms with Gasteiger partial charge in [0, 0.05) is 29.6 Å². The van der Waals surface area contributed by atoms with E-state index in [9.17, 15) is 31.1 Å². The summed E-state index contributed by atoms with van der Waals surface area (Å²) in [6, 6.07) is 11.5. The SMILES string of the molecule is O=C(Nc1ccc(F)cc1)C1=C(C(F)(F)F)N=CC(c2cccn3c(-c4cccc(F)c4F)ncc23)C1. The Morgan fingerprint density at radius 2 is 1.76 bits per heavy atom. The first-order valence-corrected chi connectivity index (χ1v) is 11.0. The Balaban J connectivity index is 1.52. The van der Waals surface area contributed by atoms with Gasteiger partial charge in [0.1, 0.15) is 11.6 Å². The number of aliphatic imine (C=N–C) groups is 1. The summed E-state index contributed by atoms with van der Waals surface area (Å²) >= 11 is 0. The van der Waals surface area contributed by atoms with Crippen LogP contribution < -0.4 is 5.32 Å². The van der Waals surface area contributed by atoms with E-state index in [4.69, 9.17) is 0 Å². The summed E-state index contributed by atoms with van der Waals surface area (Å²) in [5, 5.41) is 2.36. The Kier molecular flexibility index (Phi) is 6.06. The van der Waals surface area contributed by atoms with Crippen molar-refractivity contribution in [3.63, 3.8) is 0 Å². The maximum absolute atomic E-state index is 14.4. The Bertz CT molecular complexity index is 1570. The van der Waals surface area contributed by atoms with Gasteiger partial charge in [-0.15, -0.1) is 0 Å². The molecule has 5 nitrogen and oxygen atoms in total. The quantitative estimate of drug-likeness (QED) is 0.319. The van der Waals surface area contributed by atoms with Crippen molar-refractivity contribution in [2.24, 2.45) is 4.99 Å². The smallest absolute Gasteiger partial charge is 0.322 e. The first kappa shape index (κ1) is 24.3. The lowest BCUT2D eigenvalue weighted by Gasteiger charge is -2.23. The van der Waals surface area contributed by atoms with Crippen molar-refractivity contribution in [1.82, 2.24) is 9.38 Å². The summed E-state index contributed by atoms with van der Waals surface area (Å²) in [4.78, 5) is 20.7. The van der Waals surface area contributed by atoms with Crippen molar-refractivity contribution in [3.05, 3.63) is 101 Å². The number of rotatable bonds is 4. The fraction of sp³-hybridized carbons (Fsp3) is 0.115. The molecule has 0 radical (unpaired) electrons. The van der Waals surface area contributed by atoms with Gasteiger partial charge >= 0.3 is 6.18 Å². The molecule has 188 valence electrons. The van der Waals surface area contributed by atoms with E-state index in [1.54, 1.807) is 18.3 Å². The number of anilines is 1. The molecule has 0 saturated carbocycles. The molecule has 1 aliphatic heterocycles. The largest absolute Gasteiger partial charge is 0.433 e. The molecule has 1 unspecified atom stereocenters. The average Bonchev–Trinajstić information content (AvgIpc) is 3.30. The van der Waals surface area contributed by atoms with Crippen LogP contribution in [0, 0.1) is 17.5 Å². The molecule has 11 heteroatoms. The number of aromatic nitrogens is 2. The highest BCUT2D eigenvalue weighted by Crippen LogP contribution is 2.39. The predicted molar refractivity (Wildman–Crippen MR) is 125 cm³/mol. The number of carbonyl (C=O) groups is 1. The summed E-state index contributed by atoms with van der Waals surface area (Å²) in [6.07, 6.45) is -1.18. The molecule has 0 bridgehead atoms. The topological polar surface area (TPSA) is 58.8 Å². The van der Waals surface area contributed by atoms with Crippen molar-refractivity contribution in [3.8, 4) is 11.4 Å². The Hall–Kier alpha value is -4.41. The van der Waals surface area contributed by atoms with Gasteiger partial charge in [-0.2, -0.15) is 13.2 Å². The highest BCUT2D eigenvalue weighted by atomic mass is 19.4. The van der Waals surface area contributed by atoms with Gasteiger partial charge in [0.2, 0.25) is 0 Å². The molecular formula is C26H16F6N4O. The van der Waals surface area contributed by atoms with E-state index in [0.29, 0.717) is 11.1 Å². The number of pyridine rings is 1. The van der Waals surface area contributed by atoms with Crippen molar-refractivity contribution in [1.29, 1.82) is 0 Å². The van der Waals surface area contributed by atoms with Crippen LogP contribution in [-0.4, -0.2) is 27.7 Å². The maximum atomic E-state index is 14.4.